The number of carbonyl (C=O) groups excluding carboxylic acids is 1. The van der Waals surface area contributed by atoms with E-state index in [1.54, 1.807) is 0 Å². The second-order valence-corrected chi connectivity index (χ2v) is 5.97. The number of carboxylic acids is 1. The molecular formula is C10H18O6S. The van der Waals surface area contributed by atoms with E-state index in [1.807, 2.05) is 6.92 Å². The van der Waals surface area contributed by atoms with Crippen molar-refractivity contribution < 1.29 is 27.9 Å². The lowest BCUT2D eigenvalue weighted by atomic mass is 10.2. The molecule has 0 rings (SSSR count). The van der Waals surface area contributed by atoms with Crippen molar-refractivity contribution in [3.63, 3.8) is 0 Å². The first-order valence-electron chi connectivity index (χ1n) is 5.36. The molecule has 0 aliphatic rings. The largest absolute Gasteiger partial charge is 0.480 e. The molecular weight excluding hydrogens is 248 g/mol. The molecule has 0 saturated heterocycles. The molecule has 0 saturated carbocycles. The van der Waals surface area contributed by atoms with Gasteiger partial charge in [-0.1, -0.05) is 19.8 Å². The summed E-state index contributed by atoms with van der Waals surface area (Å²) in [6.07, 6.45) is 1.01. The van der Waals surface area contributed by atoms with Crippen molar-refractivity contribution in [2.24, 2.45) is 0 Å². The fraction of sp³-hybridized carbons (Fsp3) is 0.800. The van der Waals surface area contributed by atoms with Crippen LogP contribution in [0.4, 0.5) is 0 Å². The number of carbonyl (C=O) groups is 2. The summed E-state index contributed by atoms with van der Waals surface area (Å²) in [7, 11) is -2.65. The highest BCUT2D eigenvalue weighted by Gasteiger charge is 2.31. The van der Waals surface area contributed by atoms with E-state index in [2.05, 4.69) is 4.74 Å². The van der Waals surface area contributed by atoms with Crippen molar-refractivity contribution in [2.45, 2.75) is 37.9 Å². The smallest absolute Gasteiger partial charge is 0.321 e. The van der Waals surface area contributed by atoms with Gasteiger partial charge in [-0.2, -0.15) is 0 Å². The fourth-order valence-corrected chi connectivity index (χ4v) is 2.88. The van der Waals surface area contributed by atoms with Crippen molar-refractivity contribution in [1.82, 2.24) is 0 Å². The van der Waals surface area contributed by atoms with Crippen LogP contribution in [0.1, 0.15) is 32.6 Å². The van der Waals surface area contributed by atoms with Gasteiger partial charge in [-0.15, -0.1) is 0 Å². The first-order valence-corrected chi connectivity index (χ1v) is 7.07. The Labute approximate surface area is 101 Å². The number of hydrogen-bond donors (Lipinski definition) is 1. The van der Waals surface area contributed by atoms with Crippen molar-refractivity contribution in [3.8, 4) is 0 Å². The molecule has 0 aliphatic heterocycles. The molecule has 1 atom stereocenters. The van der Waals surface area contributed by atoms with Crippen LogP contribution in [0, 0.1) is 0 Å². The first-order chi connectivity index (χ1) is 7.85. The number of sulfone groups is 1. The number of rotatable bonds is 8. The summed E-state index contributed by atoms with van der Waals surface area (Å²) in [5.41, 5.74) is 0. The Hall–Kier alpha value is -1.11. The summed E-state index contributed by atoms with van der Waals surface area (Å²) in [5, 5.41) is 7.44. The lowest BCUT2D eigenvalue weighted by Gasteiger charge is -2.12. The molecule has 0 heterocycles. The maximum Gasteiger partial charge on any atom is 0.321 e. The molecule has 6 nitrogen and oxygen atoms in total. The van der Waals surface area contributed by atoms with Crippen LogP contribution in [0.3, 0.4) is 0 Å². The number of methoxy groups -OCH3 is 1. The Bertz CT molecular complexity index is 359. The molecule has 17 heavy (non-hydrogen) atoms. The van der Waals surface area contributed by atoms with E-state index in [0.29, 0.717) is 6.42 Å². The average molecular weight is 266 g/mol. The van der Waals surface area contributed by atoms with Gasteiger partial charge in [0.2, 0.25) is 0 Å². The SMILES string of the molecule is CCCCC(C(=O)O)S(=O)(=O)CCC(=O)OC. The van der Waals surface area contributed by atoms with E-state index < -0.39 is 32.8 Å². The Kier molecular flexibility index (Phi) is 6.79. The van der Waals surface area contributed by atoms with Gasteiger partial charge >= 0.3 is 11.9 Å². The molecule has 0 fully saturated rings. The van der Waals surface area contributed by atoms with Crippen molar-refractivity contribution in [1.29, 1.82) is 0 Å². The first kappa shape index (κ1) is 15.9. The molecule has 0 aromatic heterocycles. The Morgan fingerprint density at radius 1 is 1.35 bits per heavy atom. The van der Waals surface area contributed by atoms with Crippen LogP contribution >= 0.6 is 0 Å². The average Bonchev–Trinajstić information content (AvgIpc) is 2.25. The Morgan fingerprint density at radius 3 is 2.35 bits per heavy atom. The van der Waals surface area contributed by atoms with Gasteiger partial charge in [-0.3, -0.25) is 9.59 Å². The van der Waals surface area contributed by atoms with Gasteiger partial charge in [0, 0.05) is 0 Å². The molecule has 100 valence electrons. The Balaban J connectivity index is 4.61. The zero-order valence-electron chi connectivity index (χ0n) is 10.0. The second-order valence-electron chi connectivity index (χ2n) is 3.66. The molecule has 1 N–H and O–H groups in total. The lowest BCUT2D eigenvalue weighted by Crippen LogP contribution is -2.32. The number of carboxylic acid groups (broad SMARTS) is 1. The molecule has 0 aromatic rings. The van der Waals surface area contributed by atoms with Gasteiger partial charge < -0.3 is 9.84 Å². The zero-order valence-corrected chi connectivity index (χ0v) is 10.8. The van der Waals surface area contributed by atoms with Crippen LogP contribution in [0.5, 0.6) is 0 Å². The molecule has 0 radical (unpaired) electrons. The minimum atomic E-state index is -3.80. The third-order valence-corrected chi connectivity index (χ3v) is 4.42. The molecule has 1 unspecified atom stereocenters. The molecule has 0 aromatic carbocycles. The van der Waals surface area contributed by atoms with Crippen LogP contribution in [0.2, 0.25) is 0 Å². The minimum Gasteiger partial charge on any atom is -0.480 e. The van der Waals surface area contributed by atoms with E-state index in [-0.39, 0.29) is 12.8 Å². The van der Waals surface area contributed by atoms with Gasteiger partial charge in [-0.05, 0) is 6.42 Å². The van der Waals surface area contributed by atoms with Crippen LogP contribution in [0.25, 0.3) is 0 Å². The maximum atomic E-state index is 11.7. The fourth-order valence-electron chi connectivity index (χ4n) is 1.32. The normalized spacial score (nSPS) is 13.1. The van der Waals surface area contributed by atoms with Gasteiger partial charge in [0.25, 0.3) is 0 Å². The van der Waals surface area contributed by atoms with Gasteiger partial charge in [-0.25, -0.2) is 8.42 Å². The highest BCUT2D eigenvalue weighted by atomic mass is 32.2. The monoisotopic (exact) mass is 266 g/mol. The topological polar surface area (TPSA) is 97.7 Å². The lowest BCUT2D eigenvalue weighted by molar-refractivity contribution is -0.140. The number of hydrogen-bond acceptors (Lipinski definition) is 5. The zero-order chi connectivity index (χ0) is 13.5. The van der Waals surface area contributed by atoms with E-state index in [4.69, 9.17) is 5.11 Å². The third kappa shape index (κ3) is 5.67. The second kappa shape index (κ2) is 7.26. The van der Waals surface area contributed by atoms with Crippen LogP contribution < -0.4 is 0 Å². The third-order valence-electron chi connectivity index (χ3n) is 2.35. The van der Waals surface area contributed by atoms with Crippen LogP contribution in [-0.4, -0.2) is 43.6 Å². The summed E-state index contributed by atoms with van der Waals surface area (Å²) in [6, 6.07) is 0. The molecule has 0 spiro atoms. The van der Waals surface area contributed by atoms with Crippen molar-refractivity contribution in [3.05, 3.63) is 0 Å². The highest BCUT2D eigenvalue weighted by molar-refractivity contribution is 7.92. The number of aliphatic carboxylic acids is 1. The van der Waals surface area contributed by atoms with Crippen LogP contribution in [0.15, 0.2) is 0 Å². The van der Waals surface area contributed by atoms with E-state index in [1.165, 1.54) is 0 Å². The summed E-state index contributed by atoms with van der Waals surface area (Å²) < 4.78 is 27.7. The molecule has 0 bridgehead atoms. The van der Waals surface area contributed by atoms with Crippen molar-refractivity contribution >= 4 is 21.8 Å². The van der Waals surface area contributed by atoms with E-state index >= 15 is 0 Å². The number of ether oxygens (including phenoxy) is 1. The van der Waals surface area contributed by atoms with Gasteiger partial charge in [0.15, 0.2) is 15.1 Å². The predicted octanol–water partition coefficient (Wildman–Crippen LogP) is 0.608. The van der Waals surface area contributed by atoms with E-state index in [9.17, 15) is 18.0 Å². The summed E-state index contributed by atoms with van der Waals surface area (Å²) in [5.74, 6) is -2.50. The maximum absolute atomic E-state index is 11.7. The quantitative estimate of drug-likeness (QED) is 0.646. The molecule has 0 aliphatic carbocycles. The number of esters is 1. The standard InChI is InChI=1S/C10H18O6S/c1-3-4-5-8(10(12)13)17(14,15)7-6-9(11)16-2/h8H,3-7H2,1-2H3,(H,12,13). The predicted molar refractivity (Wildman–Crippen MR) is 61.4 cm³/mol. The van der Waals surface area contributed by atoms with Gasteiger partial charge in [0.05, 0.1) is 19.3 Å². The summed E-state index contributed by atoms with van der Waals surface area (Å²) in [4.78, 5) is 21.7. The van der Waals surface area contributed by atoms with Crippen LogP contribution in [-0.2, 0) is 24.2 Å². The molecule has 7 heteroatoms. The van der Waals surface area contributed by atoms with Crippen molar-refractivity contribution in [2.75, 3.05) is 12.9 Å². The summed E-state index contributed by atoms with van der Waals surface area (Å²) in [6.45, 7) is 1.85. The highest BCUT2D eigenvalue weighted by Crippen LogP contribution is 2.13. The summed E-state index contributed by atoms with van der Waals surface area (Å²) >= 11 is 0. The molecule has 0 amide bonds. The Morgan fingerprint density at radius 2 is 1.94 bits per heavy atom. The minimum absolute atomic E-state index is 0.0787. The van der Waals surface area contributed by atoms with Gasteiger partial charge in [0.1, 0.15) is 0 Å². The van der Waals surface area contributed by atoms with E-state index in [0.717, 1.165) is 13.5 Å². The number of unbranched alkanes of at least 4 members (excludes halogenated alkanes) is 1.